The third-order valence-corrected chi connectivity index (χ3v) is 3.68. The Bertz CT molecular complexity index is 677. The average molecular weight is 330 g/mol. The minimum absolute atomic E-state index is 0.441. The third-order valence-electron chi connectivity index (χ3n) is 3.68. The molecule has 2 aromatic rings. The van der Waals surface area contributed by atoms with E-state index in [-0.39, 0.29) is 0 Å². The highest BCUT2D eigenvalue weighted by Crippen LogP contribution is 2.40. The zero-order valence-corrected chi connectivity index (χ0v) is 14.2. The standard InChI is InChI=1S/C18H22N2O4/c1-21-16-8-7-14(17(22-2)18(16)23-3)12-20(10-5-9-19)13-15-6-4-11-24-15/h4,6-8,11H,5,10,12-13H2,1-3H3. The predicted molar refractivity (Wildman–Crippen MR) is 89.2 cm³/mol. The van der Waals surface area contributed by atoms with Gasteiger partial charge in [0, 0.05) is 25.1 Å². The first kappa shape index (κ1) is 17.7. The summed E-state index contributed by atoms with van der Waals surface area (Å²) in [6, 6.07) is 9.76. The summed E-state index contributed by atoms with van der Waals surface area (Å²) < 4.78 is 21.7. The molecule has 0 aliphatic carbocycles. The second-order valence-corrected chi connectivity index (χ2v) is 5.19. The minimum atomic E-state index is 0.441. The van der Waals surface area contributed by atoms with E-state index in [1.165, 1.54) is 0 Å². The van der Waals surface area contributed by atoms with Gasteiger partial charge in [0.25, 0.3) is 0 Å². The molecule has 0 aliphatic rings. The minimum Gasteiger partial charge on any atom is -0.493 e. The molecule has 1 aromatic carbocycles. The van der Waals surface area contributed by atoms with Crippen LogP contribution in [0, 0.1) is 11.3 Å². The number of benzene rings is 1. The lowest BCUT2D eigenvalue weighted by atomic mass is 10.1. The van der Waals surface area contributed by atoms with Crippen molar-refractivity contribution in [2.24, 2.45) is 0 Å². The van der Waals surface area contributed by atoms with Crippen LogP contribution in [0.2, 0.25) is 0 Å². The first-order valence-corrected chi connectivity index (χ1v) is 7.63. The number of nitrogens with zero attached hydrogens (tertiary/aromatic N) is 2. The molecule has 6 heteroatoms. The van der Waals surface area contributed by atoms with Gasteiger partial charge in [-0.25, -0.2) is 0 Å². The fourth-order valence-electron chi connectivity index (χ4n) is 2.57. The Morgan fingerprint density at radius 1 is 1.04 bits per heavy atom. The Morgan fingerprint density at radius 3 is 2.42 bits per heavy atom. The van der Waals surface area contributed by atoms with Gasteiger partial charge in [0.1, 0.15) is 5.76 Å². The smallest absolute Gasteiger partial charge is 0.203 e. The van der Waals surface area contributed by atoms with E-state index in [2.05, 4.69) is 11.0 Å². The van der Waals surface area contributed by atoms with Crippen molar-refractivity contribution in [2.45, 2.75) is 19.5 Å². The number of ether oxygens (including phenoxy) is 3. The Morgan fingerprint density at radius 2 is 1.83 bits per heavy atom. The lowest BCUT2D eigenvalue weighted by molar-refractivity contribution is 0.235. The molecule has 0 amide bonds. The molecule has 0 unspecified atom stereocenters. The van der Waals surface area contributed by atoms with E-state index < -0.39 is 0 Å². The molecule has 2 rings (SSSR count). The molecule has 1 aromatic heterocycles. The maximum Gasteiger partial charge on any atom is 0.203 e. The molecule has 0 aliphatic heterocycles. The van der Waals surface area contributed by atoms with Gasteiger partial charge >= 0.3 is 0 Å². The lowest BCUT2D eigenvalue weighted by Gasteiger charge is -2.22. The first-order valence-electron chi connectivity index (χ1n) is 7.63. The van der Waals surface area contributed by atoms with E-state index in [1.807, 2.05) is 24.3 Å². The summed E-state index contributed by atoms with van der Waals surface area (Å²) in [6.45, 7) is 1.85. The van der Waals surface area contributed by atoms with E-state index >= 15 is 0 Å². The summed E-state index contributed by atoms with van der Waals surface area (Å²) in [4.78, 5) is 2.13. The molecule has 0 saturated heterocycles. The number of furan rings is 1. The quantitative estimate of drug-likeness (QED) is 0.703. The second-order valence-electron chi connectivity index (χ2n) is 5.19. The Balaban J connectivity index is 2.25. The zero-order valence-electron chi connectivity index (χ0n) is 14.2. The van der Waals surface area contributed by atoms with Crippen LogP contribution >= 0.6 is 0 Å². The lowest BCUT2D eigenvalue weighted by Crippen LogP contribution is -2.24. The summed E-state index contributed by atoms with van der Waals surface area (Å²) >= 11 is 0. The van der Waals surface area contributed by atoms with E-state index in [4.69, 9.17) is 23.9 Å². The van der Waals surface area contributed by atoms with Crippen LogP contribution in [0.4, 0.5) is 0 Å². The van der Waals surface area contributed by atoms with E-state index in [1.54, 1.807) is 27.6 Å². The van der Waals surface area contributed by atoms with Gasteiger partial charge in [-0.05, 0) is 18.2 Å². The van der Waals surface area contributed by atoms with Crippen molar-refractivity contribution in [2.75, 3.05) is 27.9 Å². The summed E-state index contributed by atoms with van der Waals surface area (Å²) in [5.74, 6) is 2.68. The number of hydrogen-bond donors (Lipinski definition) is 0. The molecule has 0 N–H and O–H groups in total. The van der Waals surface area contributed by atoms with Gasteiger partial charge in [-0.15, -0.1) is 0 Å². The molecule has 0 spiro atoms. The summed E-state index contributed by atoms with van der Waals surface area (Å²) in [5, 5.41) is 8.90. The predicted octanol–water partition coefficient (Wildman–Crippen LogP) is 3.22. The molecule has 1 heterocycles. The zero-order chi connectivity index (χ0) is 17.4. The summed E-state index contributed by atoms with van der Waals surface area (Å²) in [5.41, 5.74) is 0.958. The van der Waals surface area contributed by atoms with Crippen LogP contribution in [0.3, 0.4) is 0 Å². The molecule has 0 bridgehead atoms. The number of methoxy groups -OCH3 is 3. The third kappa shape index (κ3) is 4.21. The highest BCUT2D eigenvalue weighted by atomic mass is 16.5. The van der Waals surface area contributed by atoms with Gasteiger partial charge in [-0.3, -0.25) is 4.90 Å². The van der Waals surface area contributed by atoms with Gasteiger partial charge in [-0.1, -0.05) is 6.07 Å². The Labute approximate surface area is 142 Å². The second kappa shape index (κ2) is 8.85. The average Bonchev–Trinajstić information content (AvgIpc) is 3.11. The van der Waals surface area contributed by atoms with Crippen LogP contribution in [-0.4, -0.2) is 32.8 Å². The number of nitriles is 1. The monoisotopic (exact) mass is 330 g/mol. The van der Waals surface area contributed by atoms with Crippen LogP contribution < -0.4 is 14.2 Å². The molecule has 6 nitrogen and oxygen atoms in total. The van der Waals surface area contributed by atoms with Crippen molar-refractivity contribution in [3.63, 3.8) is 0 Å². The van der Waals surface area contributed by atoms with Crippen molar-refractivity contribution < 1.29 is 18.6 Å². The highest BCUT2D eigenvalue weighted by molar-refractivity contribution is 5.55. The molecule has 0 radical (unpaired) electrons. The normalized spacial score (nSPS) is 10.5. The van der Waals surface area contributed by atoms with Crippen LogP contribution in [0.1, 0.15) is 17.7 Å². The fourth-order valence-corrected chi connectivity index (χ4v) is 2.57. The maximum atomic E-state index is 8.90. The molecule has 0 fully saturated rings. The van der Waals surface area contributed by atoms with E-state index in [9.17, 15) is 0 Å². The molecular weight excluding hydrogens is 308 g/mol. The van der Waals surface area contributed by atoms with Crippen molar-refractivity contribution in [3.05, 3.63) is 41.9 Å². The van der Waals surface area contributed by atoms with Gasteiger partial charge in [0.15, 0.2) is 11.5 Å². The molecule has 0 atom stereocenters. The SMILES string of the molecule is COc1ccc(CN(CCC#N)Cc2ccco2)c(OC)c1OC. The van der Waals surface area contributed by atoms with E-state index in [0.29, 0.717) is 43.3 Å². The molecule has 24 heavy (non-hydrogen) atoms. The summed E-state index contributed by atoms with van der Waals surface area (Å²) in [6.07, 6.45) is 2.09. The summed E-state index contributed by atoms with van der Waals surface area (Å²) in [7, 11) is 4.78. The number of hydrogen-bond acceptors (Lipinski definition) is 6. The van der Waals surface area contributed by atoms with E-state index in [0.717, 1.165) is 11.3 Å². The topological polar surface area (TPSA) is 67.9 Å². The Hall–Kier alpha value is -2.65. The first-order chi connectivity index (χ1) is 11.7. The van der Waals surface area contributed by atoms with Crippen LogP contribution in [-0.2, 0) is 13.1 Å². The fraction of sp³-hybridized carbons (Fsp3) is 0.389. The Kier molecular flexibility index (Phi) is 6.52. The van der Waals surface area contributed by atoms with Crippen LogP contribution in [0.25, 0.3) is 0 Å². The van der Waals surface area contributed by atoms with Crippen molar-refractivity contribution in [3.8, 4) is 23.3 Å². The van der Waals surface area contributed by atoms with Gasteiger partial charge in [0.2, 0.25) is 5.75 Å². The van der Waals surface area contributed by atoms with Gasteiger partial charge in [-0.2, -0.15) is 5.26 Å². The molecule has 128 valence electrons. The largest absolute Gasteiger partial charge is 0.493 e. The molecular formula is C18H22N2O4. The molecule has 0 saturated carbocycles. The highest BCUT2D eigenvalue weighted by Gasteiger charge is 2.18. The van der Waals surface area contributed by atoms with Gasteiger partial charge < -0.3 is 18.6 Å². The maximum absolute atomic E-state index is 8.90. The van der Waals surface area contributed by atoms with Gasteiger partial charge in [0.05, 0.1) is 40.2 Å². The van der Waals surface area contributed by atoms with Crippen LogP contribution in [0.15, 0.2) is 34.9 Å². The van der Waals surface area contributed by atoms with Crippen LogP contribution in [0.5, 0.6) is 17.2 Å². The van der Waals surface area contributed by atoms with Crippen molar-refractivity contribution in [1.82, 2.24) is 4.90 Å². The number of rotatable bonds is 9. The van der Waals surface area contributed by atoms with Crippen molar-refractivity contribution >= 4 is 0 Å². The van der Waals surface area contributed by atoms with Crippen molar-refractivity contribution in [1.29, 1.82) is 5.26 Å².